The molecule has 0 aliphatic heterocycles. The Kier molecular flexibility index (Phi) is 3.58. The molecule has 2 aromatic heterocycles. The molecule has 0 aliphatic rings. The third kappa shape index (κ3) is 3.14. The number of aryl methyl sites for hydroxylation is 1. The Morgan fingerprint density at radius 1 is 1.16 bits per heavy atom. The third-order valence-electron chi connectivity index (χ3n) is 2.19. The summed E-state index contributed by atoms with van der Waals surface area (Å²) in [5.41, 5.74) is 3.44. The molecule has 8 nitrogen and oxygen atoms in total. The molecule has 0 aliphatic carbocycles. The van der Waals surface area contributed by atoms with Crippen LogP contribution in [0.25, 0.3) is 0 Å². The van der Waals surface area contributed by atoms with E-state index >= 15 is 0 Å². The van der Waals surface area contributed by atoms with E-state index in [4.69, 9.17) is 5.84 Å². The molecule has 2 heterocycles. The van der Waals surface area contributed by atoms with Crippen molar-refractivity contribution >= 4 is 21.7 Å². The van der Waals surface area contributed by atoms with Gasteiger partial charge in [-0.3, -0.25) is 15.1 Å². The standard InChI is InChI=1S/C10H12N6O2S/c1-7-2-8(4-12-3-7)16-19(17,18)9-5-13-10(15-11)14-6-9/h2-6,16H,11H2,1H3,(H,13,14,15). The van der Waals surface area contributed by atoms with Crippen LogP contribution < -0.4 is 16.0 Å². The monoisotopic (exact) mass is 280 g/mol. The molecular formula is C10H12N6O2S. The minimum absolute atomic E-state index is 0.0620. The lowest BCUT2D eigenvalue weighted by Crippen LogP contribution is -2.15. The van der Waals surface area contributed by atoms with Crippen molar-refractivity contribution in [3.63, 3.8) is 0 Å². The summed E-state index contributed by atoms with van der Waals surface area (Å²) in [6, 6.07) is 1.67. The molecule has 0 saturated heterocycles. The Morgan fingerprint density at radius 3 is 2.42 bits per heavy atom. The van der Waals surface area contributed by atoms with E-state index in [1.54, 1.807) is 12.3 Å². The van der Waals surface area contributed by atoms with Crippen molar-refractivity contribution in [2.75, 3.05) is 10.1 Å². The minimum atomic E-state index is -3.74. The van der Waals surface area contributed by atoms with Crippen molar-refractivity contribution in [3.8, 4) is 0 Å². The number of aromatic nitrogens is 3. The Labute approximate surface area is 110 Å². The van der Waals surface area contributed by atoms with E-state index in [-0.39, 0.29) is 10.8 Å². The molecule has 0 fully saturated rings. The van der Waals surface area contributed by atoms with E-state index in [1.807, 2.05) is 6.92 Å². The summed E-state index contributed by atoms with van der Waals surface area (Å²) in [5.74, 6) is 5.24. The van der Waals surface area contributed by atoms with Crippen molar-refractivity contribution in [1.82, 2.24) is 15.0 Å². The number of hydrogen-bond acceptors (Lipinski definition) is 7. The van der Waals surface area contributed by atoms with Crippen LogP contribution in [0, 0.1) is 6.92 Å². The topological polar surface area (TPSA) is 123 Å². The normalized spacial score (nSPS) is 11.1. The van der Waals surface area contributed by atoms with Crippen LogP contribution >= 0.6 is 0 Å². The van der Waals surface area contributed by atoms with Gasteiger partial charge < -0.3 is 0 Å². The molecule has 0 spiro atoms. The molecular weight excluding hydrogens is 268 g/mol. The first-order valence-corrected chi connectivity index (χ1v) is 6.73. The van der Waals surface area contributed by atoms with Gasteiger partial charge in [0.1, 0.15) is 4.90 Å². The van der Waals surface area contributed by atoms with Gasteiger partial charge >= 0.3 is 0 Å². The van der Waals surface area contributed by atoms with E-state index in [1.165, 1.54) is 6.20 Å². The first-order valence-electron chi connectivity index (χ1n) is 5.24. The molecule has 0 radical (unpaired) electrons. The number of nitrogens with zero attached hydrogens (tertiary/aromatic N) is 3. The molecule has 0 amide bonds. The Balaban J connectivity index is 2.27. The summed E-state index contributed by atoms with van der Waals surface area (Å²) in [7, 11) is -3.74. The highest BCUT2D eigenvalue weighted by molar-refractivity contribution is 7.92. The molecule has 2 aromatic rings. The quantitative estimate of drug-likeness (QED) is 0.542. The van der Waals surface area contributed by atoms with Gasteiger partial charge in [-0.05, 0) is 18.6 Å². The van der Waals surface area contributed by atoms with Gasteiger partial charge in [-0.1, -0.05) is 0 Å². The van der Waals surface area contributed by atoms with Gasteiger partial charge in [0.05, 0.1) is 24.3 Å². The fourth-order valence-electron chi connectivity index (χ4n) is 1.35. The lowest BCUT2D eigenvalue weighted by atomic mass is 10.3. The summed E-state index contributed by atoms with van der Waals surface area (Å²) in [4.78, 5) is 11.3. The van der Waals surface area contributed by atoms with Crippen LogP contribution in [-0.2, 0) is 10.0 Å². The van der Waals surface area contributed by atoms with Gasteiger partial charge in [0.15, 0.2) is 0 Å². The van der Waals surface area contributed by atoms with Crippen LogP contribution in [0.1, 0.15) is 5.56 Å². The molecule has 0 saturated carbocycles. The van der Waals surface area contributed by atoms with Crippen LogP contribution in [0.4, 0.5) is 11.6 Å². The van der Waals surface area contributed by atoms with Gasteiger partial charge in [0.2, 0.25) is 5.95 Å². The van der Waals surface area contributed by atoms with Crippen LogP contribution in [0.3, 0.4) is 0 Å². The fraction of sp³-hybridized carbons (Fsp3) is 0.100. The van der Waals surface area contributed by atoms with E-state index in [9.17, 15) is 8.42 Å². The molecule has 9 heteroatoms. The summed E-state index contributed by atoms with van der Waals surface area (Å²) in [5, 5.41) is 0. The number of pyridine rings is 1. The molecule has 100 valence electrons. The van der Waals surface area contributed by atoms with Gasteiger partial charge in [0.25, 0.3) is 10.0 Å². The van der Waals surface area contributed by atoms with Crippen LogP contribution in [0.15, 0.2) is 35.7 Å². The van der Waals surface area contributed by atoms with Gasteiger partial charge in [-0.15, -0.1) is 0 Å². The SMILES string of the molecule is Cc1cncc(NS(=O)(=O)c2cnc(NN)nc2)c1. The van der Waals surface area contributed by atoms with Crippen molar-refractivity contribution in [2.24, 2.45) is 5.84 Å². The Hall–Kier alpha value is -2.26. The minimum Gasteiger partial charge on any atom is -0.292 e. The summed E-state index contributed by atoms with van der Waals surface area (Å²) in [6.07, 6.45) is 5.37. The molecule has 0 aromatic carbocycles. The molecule has 19 heavy (non-hydrogen) atoms. The lowest BCUT2D eigenvalue weighted by Gasteiger charge is -2.07. The first kappa shape index (κ1) is 13.2. The predicted octanol–water partition coefficient (Wildman–Crippen LogP) is 0.266. The largest absolute Gasteiger partial charge is 0.292 e. The zero-order chi connectivity index (χ0) is 13.9. The Morgan fingerprint density at radius 2 is 1.84 bits per heavy atom. The second-order valence-electron chi connectivity index (χ2n) is 3.74. The molecule has 4 N–H and O–H groups in total. The van der Waals surface area contributed by atoms with E-state index in [0.29, 0.717) is 5.69 Å². The zero-order valence-corrected chi connectivity index (χ0v) is 10.8. The predicted molar refractivity (Wildman–Crippen MR) is 69.6 cm³/mol. The first-order chi connectivity index (χ1) is 9.01. The van der Waals surface area contributed by atoms with E-state index in [2.05, 4.69) is 25.1 Å². The van der Waals surface area contributed by atoms with Crippen LogP contribution in [0.2, 0.25) is 0 Å². The number of hydrogen-bond donors (Lipinski definition) is 3. The molecule has 2 rings (SSSR count). The van der Waals surface area contributed by atoms with Gasteiger partial charge in [-0.2, -0.15) is 0 Å². The summed E-state index contributed by atoms with van der Waals surface area (Å²) >= 11 is 0. The average molecular weight is 280 g/mol. The number of hydrazine groups is 1. The highest BCUT2D eigenvalue weighted by Crippen LogP contribution is 2.15. The van der Waals surface area contributed by atoms with Gasteiger partial charge in [0, 0.05) is 6.20 Å². The van der Waals surface area contributed by atoms with E-state index < -0.39 is 10.0 Å². The second kappa shape index (κ2) is 5.16. The maximum atomic E-state index is 12.0. The number of sulfonamides is 1. The number of rotatable bonds is 4. The van der Waals surface area contributed by atoms with Crippen LogP contribution in [-0.4, -0.2) is 23.4 Å². The Bertz CT molecular complexity index is 671. The highest BCUT2D eigenvalue weighted by atomic mass is 32.2. The lowest BCUT2D eigenvalue weighted by molar-refractivity contribution is 0.600. The molecule has 0 unspecified atom stereocenters. The fourth-order valence-corrected chi connectivity index (χ4v) is 2.28. The van der Waals surface area contributed by atoms with E-state index in [0.717, 1.165) is 18.0 Å². The number of nitrogen functional groups attached to an aromatic ring is 1. The number of anilines is 2. The highest BCUT2D eigenvalue weighted by Gasteiger charge is 2.15. The van der Waals surface area contributed by atoms with Crippen LogP contribution in [0.5, 0.6) is 0 Å². The van der Waals surface area contributed by atoms with Crippen molar-refractivity contribution in [3.05, 3.63) is 36.4 Å². The smallest absolute Gasteiger partial charge is 0.265 e. The van der Waals surface area contributed by atoms with Crippen molar-refractivity contribution < 1.29 is 8.42 Å². The van der Waals surface area contributed by atoms with Crippen molar-refractivity contribution in [2.45, 2.75) is 11.8 Å². The number of nitrogens with one attached hydrogen (secondary N) is 2. The summed E-state index contributed by atoms with van der Waals surface area (Å²) in [6.45, 7) is 1.82. The molecule has 0 bridgehead atoms. The van der Waals surface area contributed by atoms with Gasteiger partial charge in [-0.25, -0.2) is 24.2 Å². The second-order valence-corrected chi connectivity index (χ2v) is 5.43. The third-order valence-corrected chi connectivity index (χ3v) is 3.53. The maximum absolute atomic E-state index is 12.0. The maximum Gasteiger partial charge on any atom is 0.265 e. The van der Waals surface area contributed by atoms with Crippen molar-refractivity contribution in [1.29, 1.82) is 0 Å². The number of nitrogens with two attached hydrogens (primary N) is 1. The zero-order valence-electron chi connectivity index (χ0n) is 10.0. The average Bonchev–Trinajstić information content (AvgIpc) is 2.38. The summed E-state index contributed by atoms with van der Waals surface area (Å²) < 4.78 is 26.5. The molecule has 0 atom stereocenters.